The van der Waals surface area contributed by atoms with Crippen molar-refractivity contribution in [2.24, 2.45) is 0 Å². The summed E-state index contributed by atoms with van der Waals surface area (Å²) in [5, 5.41) is 11.0. The molecule has 0 aromatic heterocycles. The number of hydrogen-bond donors (Lipinski definition) is 1. The molecule has 30 heavy (non-hydrogen) atoms. The number of carbonyl (C=O) groups is 2. The zero-order valence-electron chi connectivity index (χ0n) is 17.6. The van der Waals surface area contributed by atoms with Crippen LogP contribution in [0.3, 0.4) is 0 Å². The molecule has 158 valence electrons. The second kappa shape index (κ2) is 9.00. The molecule has 3 rings (SSSR count). The largest absolute Gasteiger partial charge is 0.507 e. The van der Waals surface area contributed by atoms with Gasteiger partial charge >= 0.3 is 0 Å². The summed E-state index contributed by atoms with van der Waals surface area (Å²) in [4.78, 5) is 29.4. The number of hydrogen-bond acceptors (Lipinski definition) is 6. The van der Waals surface area contributed by atoms with Crippen LogP contribution in [0.25, 0.3) is 5.76 Å². The minimum atomic E-state index is -0.796. The van der Waals surface area contributed by atoms with Gasteiger partial charge in [0.25, 0.3) is 11.7 Å². The third kappa shape index (κ3) is 3.89. The van der Waals surface area contributed by atoms with Crippen molar-refractivity contribution in [3.63, 3.8) is 0 Å². The van der Waals surface area contributed by atoms with Crippen molar-refractivity contribution in [3.05, 3.63) is 65.2 Å². The molecule has 2 aromatic rings. The van der Waals surface area contributed by atoms with Crippen molar-refractivity contribution in [2.75, 3.05) is 41.4 Å². The van der Waals surface area contributed by atoms with Gasteiger partial charge in [0.15, 0.2) is 11.5 Å². The molecule has 0 bridgehead atoms. The standard InChI is InChI=1S/C23H26N2O5/c1-24(2)13-14-25-19(16-11-8-12-17(29-3)22(16)30-4)18(21(27)23(25)28)20(26)15-9-6-5-7-10-15/h5-12,19,26H,13-14H2,1-4H3/b20-18+. The number of nitrogens with zero attached hydrogens (tertiary/aromatic N) is 2. The van der Waals surface area contributed by atoms with Crippen molar-refractivity contribution in [1.29, 1.82) is 0 Å². The number of ether oxygens (including phenoxy) is 2. The fourth-order valence-corrected chi connectivity index (χ4v) is 3.62. The molecule has 1 amide bonds. The molecule has 0 spiro atoms. The molecule has 1 saturated heterocycles. The summed E-state index contributed by atoms with van der Waals surface area (Å²) in [7, 11) is 6.81. The third-order valence-electron chi connectivity index (χ3n) is 5.10. The number of carbonyl (C=O) groups excluding carboxylic acids is 2. The van der Waals surface area contributed by atoms with Gasteiger partial charge < -0.3 is 24.4 Å². The Labute approximate surface area is 176 Å². The Kier molecular flexibility index (Phi) is 6.42. The summed E-state index contributed by atoms with van der Waals surface area (Å²) >= 11 is 0. The molecule has 0 radical (unpaired) electrons. The Morgan fingerprint density at radius 2 is 1.73 bits per heavy atom. The molecule has 7 heteroatoms. The zero-order valence-corrected chi connectivity index (χ0v) is 17.6. The molecule has 2 aromatic carbocycles. The normalized spacial score (nSPS) is 18.2. The average Bonchev–Trinajstić information content (AvgIpc) is 3.01. The first-order chi connectivity index (χ1) is 14.4. The van der Waals surface area contributed by atoms with Crippen molar-refractivity contribution in [3.8, 4) is 11.5 Å². The number of aliphatic hydroxyl groups excluding tert-OH is 1. The summed E-state index contributed by atoms with van der Waals surface area (Å²) < 4.78 is 11.0. The molecule has 7 nitrogen and oxygen atoms in total. The summed E-state index contributed by atoms with van der Waals surface area (Å²) in [5.41, 5.74) is 1.08. The topological polar surface area (TPSA) is 79.3 Å². The molecule has 0 aliphatic carbocycles. The van der Waals surface area contributed by atoms with Crippen LogP contribution in [0.5, 0.6) is 11.5 Å². The fourth-order valence-electron chi connectivity index (χ4n) is 3.62. The van der Waals surface area contributed by atoms with Gasteiger partial charge in [0.1, 0.15) is 5.76 Å². The minimum Gasteiger partial charge on any atom is -0.507 e. The van der Waals surface area contributed by atoms with E-state index in [9.17, 15) is 14.7 Å². The summed E-state index contributed by atoms with van der Waals surface area (Å²) in [6.07, 6.45) is 0. The lowest BCUT2D eigenvalue weighted by Crippen LogP contribution is -2.35. The van der Waals surface area contributed by atoms with Crippen molar-refractivity contribution >= 4 is 17.4 Å². The smallest absolute Gasteiger partial charge is 0.295 e. The van der Waals surface area contributed by atoms with Gasteiger partial charge in [0, 0.05) is 24.2 Å². The maximum absolute atomic E-state index is 13.0. The summed E-state index contributed by atoms with van der Waals surface area (Å²) in [5.74, 6) is -0.681. The van der Waals surface area contributed by atoms with Gasteiger partial charge in [-0.2, -0.15) is 0 Å². The predicted octanol–water partition coefficient (Wildman–Crippen LogP) is 2.69. The Morgan fingerprint density at radius 1 is 1.03 bits per heavy atom. The van der Waals surface area contributed by atoms with Gasteiger partial charge in [-0.05, 0) is 20.2 Å². The van der Waals surface area contributed by atoms with Crippen molar-refractivity contribution < 1.29 is 24.2 Å². The predicted molar refractivity (Wildman–Crippen MR) is 114 cm³/mol. The molecule has 1 N–H and O–H groups in total. The van der Waals surface area contributed by atoms with E-state index < -0.39 is 17.7 Å². The van der Waals surface area contributed by atoms with E-state index in [1.54, 1.807) is 42.5 Å². The Balaban J connectivity index is 2.23. The lowest BCUT2D eigenvalue weighted by Gasteiger charge is -2.28. The Bertz CT molecular complexity index is 969. The van der Waals surface area contributed by atoms with E-state index in [1.165, 1.54) is 19.1 Å². The van der Waals surface area contributed by atoms with Crippen molar-refractivity contribution in [2.45, 2.75) is 6.04 Å². The van der Waals surface area contributed by atoms with E-state index in [0.29, 0.717) is 35.7 Å². The van der Waals surface area contributed by atoms with E-state index >= 15 is 0 Å². The van der Waals surface area contributed by atoms with Crippen LogP contribution in [-0.2, 0) is 9.59 Å². The van der Waals surface area contributed by atoms with Crippen LogP contribution in [0.2, 0.25) is 0 Å². The van der Waals surface area contributed by atoms with Gasteiger partial charge in [0.2, 0.25) is 0 Å². The van der Waals surface area contributed by atoms with Gasteiger partial charge in [0.05, 0.1) is 25.8 Å². The molecule has 0 saturated carbocycles. The highest BCUT2D eigenvalue weighted by atomic mass is 16.5. The quantitative estimate of drug-likeness (QED) is 0.430. The number of benzene rings is 2. The molecule has 1 heterocycles. The van der Waals surface area contributed by atoms with E-state index in [-0.39, 0.29) is 11.3 Å². The second-order valence-electron chi connectivity index (χ2n) is 7.24. The number of Topliss-reactive ketones (excluding diaryl/α,β-unsaturated/α-hetero) is 1. The number of likely N-dealkylation sites (tertiary alicyclic amines) is 1. The first-order valence-electron chi connectivity index (χ1n) is 9.60. The number of amides is 1. The molecule has 1 aliphatic rings. The molecular formula is C23H26N2O5. The van der Waals surface area contributed by atoms with Crippen LogP contribution in [0.15, 0.2) is 54.1 Å². The first-order valence-corrected chi connectivity index (χ1v) is 9.60. The Morgan fingerprint density at radius 3 is 2.33 bits per heavy atom. The van der Waals surface area contributed by atoms with Crippen LogP contribution >= 0.6 is 0 Å². The lowest BCUT2D eigenvalue weighted by atomic mass is 9.94. The molecular weight excluding hydrogens is 384 g/mol. The van der Waals surface area contributed by atoms with E-state index in [4.69, 9.17) is 9.47 Å². The maximum atomic E-state index is 13.0. The van der Waals surface area contributed by atoms with Crippen LogP contribution in [0.1, 0.15) is 17.2 Å². The monoisotopic (exact) mass is 410 g/mol. The lowest BCUT2D eigenvalue weighted by molar-refractivity contribution is -0.140. The highest BCUT2D eigenvalue weighted by Crippen LogP contribution is 2.45. The molecule has 1 aliphatic heterocycles. The number of methoxy groups -OCH3 is 2. The first kappa shape index (κ1) is 21.4. The number of para-hydroxylation sites is 1. The van der Waals surface area contributed by atoms with Crippen LogP contribution in [0, 0.1) is 0 Å². The minimum absolute atomic E-state index is 0.0384. The fraction of sp³-hybridized carbons (Fsp3) is 0.304. The maximum Gasteiger partial charge on any atom is 0.295 e. The van der Waals surface area contributed by atoms with Crippen molar-refractivity contribution in [1.82, 2.24) is 9.80 Å². The molecule has 1 unspecified atom stereocenters. The summed E-state index contributed by atoms with van der Waals surface area (Å²) in [6, 6.07) is 13.2. The van der Waals surface area contributed by atoms with Crippen LogP contribution < -0.4 is 9.47 Å². The number of rotatable bonds is 7. The SMILES string of the molecule is COc1cccc(C2/C(=C(\O)c3ccccc3)C(=O)C(=O)N2CCN(C)C)c1OC. The molecule has 1 atom stereocenters. The van der Waals surface area contributed by atoms with Gasteiger partial charge in [-0.25, -0.2) is 0 Å². The van der Waals surface area contributed by atoms with Crippen LogP contribution in [0.4, 0.5) is 0 Å². The number of ketones is 1. The third-order valence-corrected chi connectivity index (χ3v) is 5.10. The molecule has 1 fully saturated rings. The van der Waals surface area contributed by atoms with E-state index in [1.807, 2.05) is 25.1 Å². The van der Waals surface area contributed by atoms with Gasteiger partial charge in [-0.15, -0.1) is 0 Å². The second-order valence-corrected chi connectivity index (χ2v) is 7.24. The number of aliphatic hydroxyl groups is 1. The zero-order chi connectivity index (χ0) is 21.8. The van der Waals surface area contributed by atoms with Crippen LogP contribution in [-0.4, -0.2) is 68.0 Å². The highest BCUT2D eigenvalue weighted by Gasteiger charge is 2.47. The highest BCUT2D eigenvalue weighted by molar-refractivity contribution is 6.46. The van der Waals surface area contributed by atoms with E-state index in [2.05, 4.69) is 0 Å². The van der Waals surface area contributed by atoms with E-state index in [0.717, 1.165) is 0 Å². The Hall–Kier alpha value is -3.32. The summed E-state index contributed by atoms with van der Waals surface area (Å²) in [6.45, 7) is 0.870. The van der Waals surface area contributed by atoms with Gasteiger partial charge in [-0.3, -0.25) is 9.59 Å². The average molecular weight is 410 g/mol. The van der Waals surface area contributed by atoms with Gasteiger partial charge in [-0.1, -0.05) is 42.5 Å². The number of likely N-dealkylation sites (N-methyl/N-ethyl adjacent to an activating group) is 1.